The molecule has 0 radical (unpaired) electrons. The van der Waals surface area contributed by atoms with Gasteiger partial charge in [0.05, 0.1) is 7.11 Å². The van der Waals surface area contributed by atoms with Crippen LogP contribution in [0.4, 0.5) is 4.79 Å². The van der Waals surface area contributed by atoms with Gasteiger partial charge in [0.15, 0.2) is 0 Å². The fourth-order valence-corrected chi connectivity index (χ4v) is 5.57. The van der Waals surface area contributed by atoms with E-state index in [9.17, 15) is 4.79 Å². The summed E-state index contributed by atoms with van der Waals surface area (Å²) in [5.41, 5.74) is 1.21. The Hall–Kier alpha value is -1.71. The van der Waals surface area contributed by atoms with Crippen LogP contribution in [0, 0.1) is 23.7 Å². The van der Waals surface area contributed by atoms with Crippen LogP contribution in [0.15, 0.2) is 24.3 Å². The minimum atomic E-state index is 0.00982. The first-order valence-corrected chi connectivity index (χ1v) is 9.42. The third-order valence-electron chi connectivity index (χ3n) is 6.60. The van der Waals surface area contributed by atoms with Crippen LogP contribution in [0.1, 0.15) is 37.7 Å². The van der Waals surface area contributed by atoms with E-state index in [1.807, 2.05) is 12.1 Å². The molecule has 130 valence electrons. The van der Waals surface area contributed by atoms with Gasteiger partial charge in [-0.25, -0.2) is 4.79 Å². The molecule has 24 heavy (non-hydrogen) atoms. The monoisotopic (exact) mass is 328 g/mol. The van der Waals surface area contributed by atoms with Crippen LogP contribution in [0.2, 0.25) is 0 Å². The van der Waals surface area contributed by atoms with Crippen molar-refractivity contribution < 1.29 is 9.53 Å². The van der Waals surface area contributed by atoms with Crippen molar-refractivity contribution in [2.24, 2.45) is 23.7 Å². The first-order chi connectivity index (χ1) is 11.7. The van der Waals surface area contributed by atoms with Gasteiger partial charge in [-0.05, 0) is 73.5 Å². The van der Waals surface area contributed by atoms with Gasteiger partial charge in [0, 0.05) is 12.6 Å². The van der Waals surface area contributed by atoms with E-state index in [0.717, 1.165) is 35.8 Å². The number of ether oxygens (including phenoxy) is 1. The molecule has 1 aromatic carbocycles. The van der Waals surface area contributed by atoms with Crippen molar-refractivity contribution in [1.29, 1.82) is 0 Å². The van der Waals surface area contributed by atoms with E-state index in [2.05, 4.69) is 22.8 Å². The largest absolute Gasteiger partial charge is 0.497 e. The molecule has 0 aliphatic heterocycles. The van der Waals surface area contributed by atoms with Gasteiger partial charge in [0.25, 0.3) is 0 Å². The molecule has 5 atom stereocenters. The molecule has 2 bridgehead atoms. The van der Waals surface area contributed by atoms with Crippen LogP contribution in [-0.2, 0) is 6.42 Å². The highest BCUT2D eigenvalue weighted by molar-refractivity contribution is 5.74. The van der Waals surface area contributed by atoms with Crippen molar-refractivity contribution in [3.05, 3.63) is 29.8 Å². The quantitative estimate of drug-likeness (QED) is 0.871. The lowest BCUT2D eigenvalue weighted by atomic mass is 9.79. The average Bonchev–Trinajstić information content (AvgIpc) is 3.28. The van der Waals surface area contributed by atoms with Crippen LogP contribution in [-0.4, -0.2) is 25.7 Å². The molecule has 0 spiro atoms. The van der Waals surface area contributed by atoms with E-state index >= 15 is 0 Å². The zero-order chi connectivity index (χ0) is 16.5. The summed E-state index contributed by atoms with van der Waals surface area (Å²) in [5, 5.41) is 6.28. The Bertz CT molecular complexity index is 586. The molecule has 2 N–H and O–H groups in total. The van der Waals surface area contributed by atoms with E-state index in [-0.39, 0.29) is 6.03 Å². The Kier molecular flexibility index (Phi) is 4.38. The van der Waals surface area contributed by atoms with Crippen LogP contribution < -0.4 is 15.4 Å². The van der Waals surface area contributed by atoms with E-state index in [1.54, 1.807) is 7.11 Å². The lowest BCUT2D eigenvalue weighted by Crippen LogP contribution is -2.47. The number of fused-ring (bicyclic) bond motifs is 5. The van der Waals surface area contributed by atoms with Gasteiger partial charge in [0.1, 0.15) is 5.75 Å². The molecular formula is C20H28N2O2. The number of carbonyl (C=O) groups excluding carboxylic acids is 1. The molecule has 1 aromatic rings. The summed E-state index contributed by atoms with van der Waals surface area (Å²) in [6.07, 6.45) is 7.64. The number of rotatable bonds is 5. The maximum Gasteiger partial charge on any atom is 0.315 e. The van der Waals surface area contributed by atoms with Crippen LogP contribution in [0.25, 0.3) is 0 Å². The molecule has 4 heteroatoms. The summed E-state index contributed by atoms with van der Waals surface area (Å²) in [4.78, 5) is 12.2. The predicted molar refractivity (Wildman–Crippen MR) is 94.1 cm³/mol. The standard InChI is InChI=1S/C20H28N2O2/c1-24-15-7-5-13(6-8-15)9-10-21-20(23)22-19-12-14-11-18(19)17-4-2-3-16(14)17/h5-8,14,16-19H,2-4,9-12H2,1H3,(H2,21,22,23)/t14-,16-,17+,18-,19-/m1/s1. The third kappa shape index (κ3) is 2.99. The summed E-state index contributed by atoms with van der Waals surface area (Å²) >= 11 is 0. The average molecular weight is 328 g/mol. The maximum atomic E-state index is 12.2. The van der Waals surface area contributed by atoms with Crippen LogP contribution >= 0.6 is 0 Å². The number of hydrogen-bond donors (Lipinski definition) is 2. The second kappa shape index (κ2) is 6.66. The normalized spacial score (nSPS) is 33.3. The number of benzene rings is 1. The fraction of sp³-hybridized carbons (Fsp3) is 0.650. The van der Waals surface area contributed by atoms with Gasteiger partial charge < -0.3 is 15.4 Å². The van der Waals surface area contributed by atoms with E-state index < -0.39 is 0 Å². The third-order valence-corrected chi connectivity index (χ3v) is 6.60. The molecule has 0 unspecified atom stereocenters. The van der Waals surface area contributed by atoms with E-state index in [4.69, 9.17) is 4.74 Å². The molecule has 3 fully saturated rings. The van der Waals surface area contributed by atoms with Crippen LogP contribution in [0.3, 0.4) is 0 Å². The van der Waals surface area contributed by atoms with Gasteiger partial charge in [-0.3, -0.25) is 0 Å². The van der Waals surface area contributed by atoms with E-state index in [1.165, 1.54) is 37.7 Å². The Morgan fingerprint density at radius 1 is 1.12 bits per heavy atom. The van der Waals surface area contributed by atoms with Gasteiger partial charge in [-0.2, -0.15) is 0 Å². The molecule has 4 rings (SSSR count). The fourth-order valence-electron chi connectivity index (χ4n) is 5.57. The molecular weight excluding hydrogens is 300 g/mol. The first-order valence-electron chi connectivity index (χ1n) is 9.42. The topological polar surface area (TPSA) is 50.4 Å². The van der Waals surface area contributed by atoms with Gasteiger partial charge in [0.2, 0.25) is 0 Å². The summed E-state index contributed by atoms with van der Waals surface area (Å²) in [6.45, 7) is 0.672. The van der Waals surface area contributed by atoms with Crippen LogP contribution in [0.5, 0.6) is 5.75 Å². The molecule has 3 aliphatic rings. The number of urea groups is 1. The molecule has 3 saturated carbocycles. The second-order valence-corrected chi connectivity index (χ2v) is 7.76. The van der Waals surface area contributed by atoms with Gasteiger partial charge in [-0.1, -0.05) is 18.6 Å². The molecule has 2 amide bonds. The maximum absolute atomic E-state index is 12.2. The van der Waals surface area contributed by atoms with Crippen molar-refractivity contribution in [3.8, 4) is 5.75 Å². The number of amides is 2. The van der Waals surface area contributed by atoms with Gasteiger partial charge >= 0.3 is 6.03 Å². The summed E-state index contributed by atoms with van der Waals surface area (Å²) in [6, 6.07) is 8.44. The highest BCUT2D eigenvalue weighted by Gasteiger charge is 2.53. The molecule has 0 saturated heterocycles. The first kappa shape index (κ1) is 15.8. The lowest BCUT2D eigenvalue weighted by Gasteiger charge is -2.32. The highest BCUT2D eigenvalue weighted by Crippen LogP contribution is 2.58. The lowest BCUT2D eigenvalue weighted by molar-refractivity contribution is 0.198. The summed E-state index contributed by atoms with van der Waals surface area (Å²) in [5.74, 6) is 4.37. The molecule has 4 nitrogen and oxygen atoms in total. The Morgan fingerprint density at radius 2 is 1.92 bits per heavy atom. The minimum Gasteiger partial charge on any atom is -0.497 e. The molecule has 0 aromatic heterocycles. The Labute approximate surface area is 144 Å². The smallest absolute Gasteiger partial charge is 0.315 e. The molecule has 3 aliphatic carbocycles. The number of carbonyl (C=O) groups is 1. The summed E-state index contributed by atoms with van der Waals surface area (Å²) in [7, 11) is 1.67. The Morgan fingerprint density at radius 3 is 2.71 bits per heavy atom. The zero-order valence-corrected chi connectivity index (χ0v) is 14.5. The number of hydrogen-bond acceptors (Lipinski definition) is 2. The number of nitrogens with one attached hydrogen (secondary N) is 2. The van der Waals surface area contributed by atoms with Crippen molar-refractivity contribution in [3.63, 3.8) is 0 Å². The zero-order valence-electron chi connectivity index (χ0n) is 14.5. The Balaban J connectivity index is 1.21. The predicted octanol–water partition coefficient (Wildman–Crippen LogP) is 3.36. The van der Waals surface area contributed by atoms with Crippen molar-refractivity contribution in [2.45, 2.75) is 44.6 Å². The summed E-state index contributed by atoms with van der Waals surface area (Å²) < 4.78 is 5.16. The highest BCUT2D eigenvalue weighted by atomic mass is 16.5. The minimum absolute atomic E-state index is 0.00982. The molecule has 0 heterocycles. The van der Waals surface area contributed by atoms with Crippen molar-refractivity contribution >= 4 is 6.03 Å². The van der Waals surface area contributed by atoms with Crippen molar-refractivity contribution in [2.75, 3.05) is 13.7 Å². The van der Waals surface area contributed by atoms with Gasteiger partial charge in [-0.15, -0.1) is 0 Å². The number of methoxy groups -OCH3 is 1. The van der Waals surface area contributed by atoms with Crippen molar-refractivity contribution in [1.82, 2.24) is 10.6 Å². The second-order valence-electron chi connectivity index (χ2n) is 7.76. The SMILES string of the molecule is COc1ccc(CCNC(=O)N[C@@H]2C[C@H]3C[C@@H]2[C@H]2CCC[C@H]32)cc1. The van der Waals surface area contributed by atoms with E-state index in [0.29, 0.717) is 12.6 Å².